The molecule has 0 spiro atoms. The first kappa shape index (κ1) is 14.8. The van der Waals surface area contributed by atoms with Crippen LogP contribution in [0.3, 0.4) is 0 Å². The number of carbonyl (C=O) groups is 1. The molecule has 0 saturated heterocycles. The lowest BCUT2D eigenvalue weighted by molar-refractivity contribution is -0.131. The summed E-state index contributed by atoms with van der Waals surface area (Å²) in [4.78, 5) is 19.5. The van der Waals surface area contributed by atoms with E-state index in [0.717, 1.165) is 29.3 Å². The lowest BCUT2D eigenvalue weighted by Gasteiger charge is -2.29. The van der Waals surface area contributed by atoms with Crippen molar-refractivity contribution in [3.05, 3.63) is 39.9 Å². The molecule has 0 unspecified atom stereocenters. The standard InChI is InChI=1S/C16H19N3O2S/c1-10-14(22-16(17)18-10)8-15(20)19-6-5-11-7-13(21-2)4-3-12(11)9-19/h3-4,7H,5-6,8-9H2,1-2H3,(H2,17,18). The third kappa shape index (κ3) is 2.92. The molecule has 2 heterocycles. The minimum atomic E-state index is 0.133. The average molecular weight is 317 g/mol. The Morgan fingerprint density at radius 2 is 2.27 bits per heavy atom. The van der Waals surface area contributed by atoms with Gasteiger partial charge in [-0.25, -0.2) is 4.98 Å². The number of hydrogen-bond donors (Lipinski definition) is 1. The van der Waals surface area contributed by atoms with Crippen molar-refractivity contribution >= 4 is 22.4 Å². The second-order valence-electron chi connectivity index (χ2n) is 5.44. The smallest absolute Gasteiger partial charge is 0.228 e. The molecule has 6 heteroatoms. The zero-order valence-corrected chi connectivity index (χ0v) is 13.6. The van der Waals surface area contributed by atoms with E-state index in [4.69, 9.17) is 10.5 Å². The summed E-state index contributed by atoms with van der Waals surface area (Å²) in [6.45, 7) is 3.30. The number of amides is 1. The van der Waals surface area contributed by atoms with Crippen LogP contribution >= 0.6 is 11.3 Å². The van der Waals surface area contributed by atoms with Gasteiger partial charge < -0.3 is 15.4 Å². The van der Waals surface area contributed by atoms with Gasteiger partial charge in [-0.1, -0.05) is 6.07 Å². The van der Waals surface area contributed by atoms with E-state index >= 15 is 0 Å². The Morgan fingerprint density at radius 1 is 1.45 bits per heavy atom. The summed E-state index contributed by atoms with van der Waals surface area (Å²) in [5.74, 6) is 1.00. The maximum Gasteiger partial charge on any atom is 0.228 e. The van der Waals surface area contributed by atoms with Crippen molar-refractivity contribution in [2.75, 3.05) is 19.4 Å². The number of thiazole rings is 1. The van der Waals surface area contributed by atoms with Crippen molar-refractivity contribution in [3.63, 3.8) is 0 Å². The van der Waals surface area contributed by atoms with Gasteiger partial charge in [-0.15, -0.1) is 11.3 Å². The predicted molar refractivity (Wildman–Crippen MR) is 87.1 cm³/mol. The second-order valence-corrected chi connectivity index (χ2v) is 6.55. The van der Waals surface area contributed by atoms with E-state index in [1.54, 1.807) is 7.11 Å². The number of aryl methyl sites for hydroxylation is 1. The lowest BCUT2D eigenvalue weighted by Crippen LogP contribution is -2.36. The molecule has 0 aliphatic carbocycles. The molecule has 0 atom stereocenters. The monoisotopic (exact) mass is 317 g/mol. The van der Waals surface area contributed by atoms with Gasteiger partial charge in [0, 0.05) is 18.0 Å². The van der Waals surface area contributed by atoms with Crippen molar-refractivity contribution in [2.24, 2.45) is 0 Å². The normalized spacial score (nSPS) is 13.8. The number of carbonyl (C=O) groups excluding carboxylic acids is 1. The maximum atomic E-state index is 12.5. The van der Waals surface area contributed by atoms with Gasteiger partial charge in [-0.3, -0.25) is 4.79 Å². The number of ether oxygens (including phenoxy) is 1. The SMILES string of the molecule is COc1ccc2c(c1)CCN(C(=O)Cc1sc(N)nc1C)C2. The van der Waals surface area contributed by atoms with Crippen molar-refractivity contribution in [2.45, 2.75) is 26.3 Å². The average Bonchev–Trinajstić information content (AvgIpc) is 2.83. The van der Waals surface area contributed by atoms with Gasteiger partial charge in [-0.05, 0) is 36.6 Å². The number of benzene rings is 1. The Hall–Kier alpha value is -2.08. The minimum absolute atomic E-state index is 0.133. The van der Waals surface area contributed by atoms with Gasteiger partial charge in [0.25, 0.3) is 0 Å². The Bertz CT molecular complexity index is 711. The van der Waals surface area contributed by atoms with Crippen LogP contribution in [-0.4, -0.2) is 29.4 Å². The molecular weight excluding hydrogens is 298 g/mol. The zero-order chi connectivity index (χ0) is 15.7. The van der Waals surface area contributed by atoms with Crippen molar-refractivity contribution in [1.29, 1.82) is 0 Å². The van der Waals surface area contributed by atoms with Crippen LogP contribution in [0.25, 0.3) is 0 Å². The van der Waals surface area contributed by atoms with Gasteiger partial charge in [0.05, 0.1) is 19.2 Å². The summed E-state index contributed by atoms with van der Waals surface area (Å²) in [7, 11) is 1.67. The van der Waals surface area contributed by atoms with Gasteiger partial charge in [-0.2, -0.15) is 0 Å². The molecule has 0 saturated carbocycles. The largest absolute Gasteiger partial charge is 0.497 e. The first-order valence-electron chi connectivity index (χ1n) is 7.22. The number of hydrogen-bond acceptors (Lipinski definition) is 5. The van der Waals surface area contributed by atoms with Crippen LogP contribution < -0.4 is 10.5 Å². The van der Waals surface area contributed by atoms with Crippen molar-refractivity contribution < 1.29 is 9.53 Å². The first-order valence-corrected chi connectivity index (χ1v) is 8.04. The van der Waals surface area contributed by atoms with Crippen molar-refractivity contribution in [3.8, 4) is 5.75 Å². The molecule has 116 valence electrons. The molecule has 22 heavy (non-hydrogen) atoms. The van der Waals surface area contributed by atoms with Gasteiger partial charge in [0.1, 0.15) is 5.75 Å². The number of rotatable bonds is 3. The number of nitrogen functional groups attached to an aromatic ring is 1. The fourth-order valence-electron chi connectivity index (χ4n) is 2.73. The molecule has 1 aliphatic rings. The zero-order valence-electron chi connectivity index (χ0n) is 12.8. The maximum absolute atomic E-state index is 12.5. The van der Waals surface area contributed by atoms with Gasteiger partial charge in [0.15, 0.2) is 5.13 Å². The minimum Gasteiger partial charge on any atom is -0.497 e. The highest BCUT2D eigenvalue weighted by atomic mass is 32.1. The van der Waals surface area contributed by atoms with E-state index in [9.17, 15) is 4.79 Å². The molecule has 3 rings (SSSR count). The molecule has 1 aliphatic heterocycles. The summed E-state index contributed by atoms with van der Waals surface area (Å²) in [6.07, 6.45) is 1.24. The Balaban J connectivity index is 1.71. The summed E-state index contributed by atoms with van der Waals surface area (Å²) in [5.41, 5.74) is 9.01. The summed E-state index contributed by atoms with van der Waals surface area (Å²) in [5, 5.41) is 0.524. The molecule has 1 aromatic carbocycles. The molecule has 1 amide bonds. The fourth-order valence-corrected chi connectivity index (χ4v) is 3.56. The summed E-state index contributed by atoms with van der Waals surface area (Å²) >= 11 is 1.40. The van der Waals surface area contributed by atoms with E-state index in [0.29, 0.717) is 18.1 Å². The number of nitrogens with zero attached hydrogens (tertiary/aromatic N) is 2. The molecule has 0 fully saturated rings. The van der Waals surface area contributed by atoms with E-state index in [2.05, 4.69) is 11.1 Å². The Morgan fingerprint density at radius 3 is 2.95 bits per heavy atom. The first-order chi connectivity index (χ1) is 10.6. The van der Waals surface area contributed by atoms with Crippen LogP contribution in [0.2, 0.25) is 0 Å². The van der Waals surface area contributed by atoms with Crippen LogP contribution in [0.5, 0.6) is 5.75 Å². The van der Waals surface area contributed by atoms with E-state index < -0.39 is 0 Å². The molecular formula is C16H19N3O2S. The highest BCUT2D eigenvalue weighted by molar-refractivity contribution is 7.15. The quantitative estimate of drug-likeness (QED) is 0.942. The number of fused-ring (bicyclic) bond motifs is 1. The predicted octanol–water partition coefficient (Wildman–Crippen LogP) is 2.17. The molecule has 2 aromatic rings. The third-order valence-corrected chi connectivity index (χ3v) is 4.99. The molecule has 5 nitrogen and oxygen atoms in total. The van der Waals surface area contributed by atoms with Crippen LogP contribution in [0.4, 0.5) is 5.13 Å². The van der Waals surface area contributed by atoms with Crippen LogP contribution in [-0.2, 0) is 24.2 Å². The van der Waals surface area contributed by atoms with E-state index in [1.165, 1.54) is 22.5 Å². The number of anilines is 1. The summed E-state index contributed by atoms with van der Waals surface area (Å²) < 4.78 is 5.25. The lowest BCUT2D eigenvalue weighted by atomic mass is 9.99. The molecule has 1 aromatic heterocycles. The molecule has 2 N–H and O–H groups in total. The summed E-state index contributed by atoms with van der Waals surface area (Å²) in [6, 6.07) is 6.05. The van der Waals surface area contributed by atoms with Crippen molar-refractivity contribution in [1.82, 2.24) is 9.88 Å². The van der Waals surface area contributed by atoms with Gasteiger partial charge >= 0.3 is 0 Å². The van der Waals surface area contributed by atoms with E-state index in [-0.39, 0.29) is 5.91 Å². The number of nitrogens with two attached hydrogens (primary N) is 1. The molecule has 0 radical (unpaired) electrons. The van der Waals surface area contributed by atoms with E-state index in [1.807, 2.05) is 24.0 Å². The van der Waals surface area contributed by atoms with Crippen LogP contribution in [0.1, 0.15) is 21.7 Å². The Labute approximate surface area is 133 Å². The number of aromatic nitrogens is 1. The third-order valence-electron chi connectivity index (χ3n) is 4.00. The highest BCUT2D eigenvalue weighted by Crippen LogP contribution is 2.25. The second kappa shape index (κ2) is 5.96. The van der Waals surface area contributed by atoms with Gasteiger partial charge in [0.2, 0.25) is 5.91 Å². The number of methoxy groups -OCH3 is 1. The molecule has 0 bridgehead atoms. The van der Waals surface area contributed by atoms with Crippen LogP contribution in [0.15, 0.2) is 18.2 Å². The topological polar surface area (TPSA) is 68.5 Å². The Kier molecular flexibility index (Phi) is 4.02. The fraction of sp³-hybridized carbons (Fsp3) is 0.375. The highest BCUT2D eigenvalue weighted by Gasteiger charge is 2.22. The van der Waals surface area contributed by atoms with Crippen LogP contribution in [0, 0.1) is 6.92 Å².